The van der Waals surface area contributed by atoms with E-state index < -0.39 is 0 Å². The summed E-state index contributed by atoms with van der Waals surface area (Å²) in [7, 11) is 1.45. The molecule has 0 heterocycles. The van der Waals surface area contributed by atoms with Crippen molar-refractivity contribution in [2.75, 3.05) is 7.11 Å². The van der Waals surface area contributed by atoms with Crippen LogP contribution in [0.5, 0.6) is 11.5 Å². The maximum Gasteiger partial charge on any atom is 0.176 e. The molecule has 14 heavy (non-hydrogen) atoms. The Morgan fingerprint density at radius 1 is 1.14 bits per heavy atom. The van der Waals surface area contributed by atoms with Crippen LogP contribution < -0.4 is 4.74 Å². The maximum atomic E-state index is 9.67. The van der Waals surface area contributed by atoms with Gasteiger partial charge in [0.05, 0.1) is 22.7 Å². The zero-order valence-electron chi connectivity index (χ0n) is 7.14. The van der Waals surface area contributed by atoms with Crippen LogP contribution in [0.2, 0.25) is 0 Å². The number of ether oxygens (including phenoxy) is 1. The first-order valence-electron chi connectivity index (χ1n) is 3.57. The van der Waals surface area contributed by atoms with Crippen molar-refractivity contribution in [3.05, 3.63) is 19.0 Å². The summed E-state index contributed by atoms with van der Waals surface area (Å²) >= 11 is 9.68. The molecule has 0 aromatic heterocycles. The molecule has 2 N–H and O–H groups in total. The molecule has 6 heteroatoms. The molecule has 3 nitrogen and oxygen atoms in total. The maximum absolute atomic E-state index is 9.67. The Labute approximate surface area is 106 Å². The van der Waals surface area contributed by atoms with Crippen molar-refractivity contribution in [1.82, 2.24) is 0 Å². The molecule has 0 aliphatic rings. The molecular weight excluding hydrogens is 384 g/mol. The molecule has 0 amide bonds. The number of aliphatic hydroxyl groups excluding tert-OH is 1. The van der Waals surface area contributed by atoms with Gasteiger partial charge in [0, 0.05) is 10.0 Å². The van der Waals surface area contributed by atoms with Gasteiger partial charge in [0.25, 0.3) is 0 Å². The number of hydrogen-bond acceptors (Lipinski definition) is 3. The van der Waals surface area contributed by atoms with Gasteiger partial charge in [-0.3, -0.25) is 0 Å². The fourth-order valence-corrected chi connectivity index (χ4v) is 2.87. The van der Waals surface area contributed by atoms with Gasteiger partial charge in [0.1, 0.15) is 0 Å². The predicted octanol–water partition coefficient (Wildman–Crippen LogP) is 3.18. The first-order chi connectivity index (χ1) is 6.54. The lowest BCUT2D eigenvalue weighted by molar-refractivity contribution is 0.278. The minimum absolute atomic E-state index is 0.0107. The van der Waals surface area contributed by atoms with E-state index in [1.807, 2.05) is 0 Å². The Morgan fingerprint density at radius 3 is 2.14 bits per heavy atom. The number of hydrogen-bond donors (Lipinski definition) is 2. The highest BCUT2D eigenvalue weighted by Crippen LogP contribution is 2.47. The van der Waals surface area contributed by atoms with E-state index in [1.54, 1.807) is 0 Å². The Bertz CT molecular complexity index is 334. The van der Waals surface area contributed by atoms with Crippen LogP contribution in [0.15, 0.2) is 13.4 Å². The summed E-state index contributed by atoms with van der Waals surface area (Å²) in [5, 5.41) is 18.8. The quantitative estimate of drug-likeness (QED) is 0.762. The molecule has 1 aromatic carbocycles. The first-order valence-corrected chi connectivity index (χ1v) is 5.95. The molecule has 1 aromatic rings. The second-order valence-electron chi connectivity index (χ2n) is 2.46. The third-order valence-corrected chi connectivity index (χ3v) is 4.73. The van der Waals surface area contributed by atoms with Gasteiger partial charge in [-0.2, -0.15) is 0 Å². The summed E-state index contributed by atoms with van der Waals surface area (Å²) in [4.78, 5) is 0. The molecule has 78 valence electrons. The molecule has 0 spiro atoms. The lowest BCUT2D eigenvalue weighted by Crippen LogP contribution is -1.94. The number of benzene rings is 1. The summed E-state index contributed by atoms with van der Waals surface area (Å²) < 4.78 is 6.59. The number of phenols is 1. The molecular formula is C8H7Br3O3. The zero-order valence-corrected chi connectivity index (χ0v) is 11.9. The number of aliphatic hydroxyl groups is 1. The number of rotatable bonds is 2. The van der Waals surface area contributed by atoms with E-state index in [9.17, 15) is 5.11 Å². The highest BCUT2D eigenvalue weighted by atomic mass is 79.9. The van der Waals surface area contributed by atoms with Crippen LogP contribution in [0, 0.1) is 0 Å². The van der Waals surface area contributed by atoms with Crippen molar-refractivity contribution in [2.45, 2.75) is 6.61 Å². The molecule has 0 unspecified atom stereocenters. The predicted molar refractivity (Wildman–Crippen MR) is 63.7 cm³/mol. The van der Waals surface area contributed by atoms with Crippen molar-refractivity contribution in [2.24, 2.45) is 0 Å². The van der Waals surface area contributed by atoms with Gasteiger partial charge in [-0.05, 0) is 47.8 Å². The number of halogens is 3. The Hall–Kier alpha value is 0.220. The summed E-state index contributed by atoms with van der Waals surface area (Å²) in [6, 6.07) is 0. The monoisotopic (exact) mass is 388 g/mol. The van der Waals surface area contributed by atoms with E-state index in [0.717, 1.165) is 0 Å². The van der Waals surface area contributed by atoms with Crippen LogP contribution in [0.1, 0.15) is 5.56 Å². The van der Waals surface area contributed by atoms with Crippen molar-refractivity contribution >= 4 is 47.8 Å². The average molecular weight is 391 g/mol. The van der Waals surface area contributed by atoms with Crippen molar-refractivity contribution in [3.8, 4) is 11.5 Å². The average Bonchev–Trinajstić information content (AvgIpc) is 2.16. The molecule has 0 fully saturated rings. The van der Waals surface area contributed by atoms with Crippen LogP contribution >= 0.6 is 47.8 Å². The van der Waals surface area contributed by atoms with Gasteiger partial charge in [0.15, 0.2) is 11.5 Å². The zero-order chi connectivity index (χ0) is 10.9. The van der Waals surface area contributed by atoms with E-state index in [2.05, 4.69) is 47.8 Å². The van der Waals surface area contributed by atoms with Gasteiger partial charge in [-0.25, -0.2) is 0 Å². The van der Waals surface area contributed by atoms with E-state index in [1.165, 1.54) is 7.11 Å². The summed E-state index contributed by atoms with van der Waals surface area (Å²) in [6.45, 7) is -0.156. The van der Waals surface area contributed by atoms with Crippen LogP contribution in [0.4, 0.5) is 0 Å². The van der Waals surface area contributed by atoms with Gasteiger partial charge >= 0.3 is 0 Å². The molecule has 0 bridgehead atoms. The van der Waals surface area contributed by atoms with E-state index in [4.69, 9.17) is 9.84 Å². The fourth-order valence-electron chi connectivity index (χ4n) is 0.999. The van der Waals surface area contributed by atoms with Crippen LogP contribution in [0.3, 0.4) is 0 Å². The molecule has 0 aliphatic carbocycles. The minimum Gasteiger partial charge on any atom is -0.503 e. The van der Waals surface area contributed by atoms with E-state index in [-0.39, 0.29) is 12.4 Å². The summed E-state index contributed by atoms with van der Waals surface area (Å²) in [5.41, 5.74) is 0.617. The lowest BCUT2D eigenvalue weighted by atomic mass is 10.2. The molecule has 1 rings (SSSR count). The minimum atomic E-state index is -0.156. The Kier molecular flexibility index (Phi) is 4.24. The molecule has 0 saturated carbocycles. The molecule has 0 atom stereocenters. The smallest absolute Gasteiger partial charge is 0.176 e. The van der Waals surface area contributed by atoms with Gasteiger partial charge < -0.3 is 14.9 Å². The van der Waals surface area contributed by atoms with Crippen molar-refractivity contribution in [3.63, 3.8) is 0 Å². The van der Waals surface area contributed by atoms with Crippen LogP contribution in [0.25, 0.3) is 0 Å². The van der Waals surface area contributed by atoms with Gasteiger partial charge in [-0.15, -0.1) is 0 Å². The third kappa shape index (κ3) is 1.93. The van der Waals surface area contributed by atoms with Crippen molar-refractivity contribution < 1.29 is 14.9 Å². The highest BCUT2D eigenvalue weighted by molar-refractivity contribution is 9.13. The lowest BCUT2D eigenvalue weighted by Gasteiger charge is -2.13. The second kappa shape index (κ2) is 4.83. The van der Waals surface area contributed by atoms with Crippen molar-refractivity contribution in [1.29, 1.82) is 0 Å². The SMILES string of the molecule is COc1c(O)c(Br)c(Br)c(CO)c1Br. The topological polar surface area (TPSA) is 49.7 Å². The number of methoxy groups -OCH3 is 1. The summed E-state index contributed by atoms with van der Waals surface area (Å²) in [6.07, 6.45) is 0. The standard InChI is InChI=1S/C8H7Br3O3/c1-14-8-5(10)3(2-12)4(9)6(11)7(8)13/h12-13H,2H2,1H3. The van der Waals surface area contributed by atoms with Crippen LogP contribution in [-0.4, -0.2) is 17.3 Å². The molecule has 0 radical (unpaired) electrons. The Morgan fingerprint density at radius 2 is 1.71 bits per heavy atom. The normalized spacial score (nSPS) is 10.4. The fraction of sp³-hybridized carbons (Fsp3) is 0.250. The van der Waals surface area contributed by atoms with E-state index >= 15 is 0 Å². The highest BCUT2D eigenvalue weighted by Gasteiger charge is 2.19. The third-order valence-electron chi connectivity index (χ3n) is 1.71. The largest absolute Gasteiger partial charge is 0.503 e. The molecule has 0 saturated heterocycles. The first kappa shape index (κ1) is 12.3. The number of aromatic hydroxyl groups is 1. The second-order valence-corrected chi connectivity index (χ2v) is 4.84. The molecule has 0 aliphatic heterocycles. The van der Waals surface area contributed by atoms with Gasteiger partial charge in [0.2, 0.25) is 0 Å². The Balaban J connectivity index is 3.56. The van der Waals surface area contributed by atoms with E-state index in [0.29, 0.717) is 24.7 Å². The summed E-state index contributed by atoms with van der Waals surface area (Å²) in [5.74, 6) is 0.285. The van der Waals surface area contributed by atoms with Crippen LogP contribution in [-0.2, 0) is 6.61 Å². The van der Waals surface area contributed by atoms with Gasteiger partial charge in [-0.1, -0.05) is 0 Å². The number of phenolic OH excluding ortho intramolecular Hbond substituents is 1.